The van der Waals surface area contributed by atoms with Gasteiger partial charge in [-0.15, -0.1) is 11.6 Å². The van der Waals surface area contributed by atoms with Crippen molar-refractivity contribution in [1.82, 2.24) is 0 Å². The SMILES string of the molecule is O=C(O)CCl.[AlH3]. The van der Waals surface area contributed by atoms with Gasteiger partial charge in [0.25, 0.3) is 0 Å². The predicted molar refractivity (Wildman–Crippen MR) is 28.3 cm³/mol. The maximum atomic E-state index is 9.24. The van der Waals surface area contributed by atoms with E-state index in [1.54, 1.807) is 0 Å². The van der Waals surface area contributed by atoms with E-state index in [1.807, 2.05) is 0 Å². The third-order valence-corrected chi connectivity index (χ3v) is 0.343. The van der Waals surface area contributed by atoms with Crippen molar-refractivity contribution in [3.8, 4) is 0 Å². The number of carbonyl (C=O) groups is 1. The van der Waals surface area contributed by atoms with E-state index in [4.69, 9.17) is 16.7 Å². The summed E-state index contributed by atoms with van der Waals surface area (Å²) in [6, 6.07) is 0. The first-order valence-electron chi connectivity index (χ1n) is 1.05. The van der Waals surface area contributed by atoms with Crippen LogP contribution in [0.5, 0.6) is 0 Å². The molecule has 0 rings (SSSR count). The number of hydrogen-bond acceptors (Lipinski definition) is 1. The average Bonchev–Trinajstić information content (AvgIpc) is 1.38. The normalized spacial score (nSPS) is 6.17. The van der Waals surface area contributed by atoms with Crippen molar-refractivity contribution in [3.05, 3.63) is 0 Å². The molecule has 0 unspecified atom stereocenters. The maximum absolute atomic E-state index is 9.24. The lowest BCUT2D eigenvalue weighted by atomic mass is 10.8. The molecular formula is C2H6AlClO2. The van der Waals surface area contributed by atoms with Gasteiger partial charge in [-0.2, -0.15) is 0 Å². The summed E-state index contributed by atoms with van der Waals surface area (Å²) in [5.74, 6) is -1.29. The second-order valence-electron chi connectivity index (χ2n) is 0.527. The van der Waals surface area contributed by atoms with Crippen LogP contribution in [0, 0.1) is 0 Å². The van der Waals surface area contributed by atoms with Gasteiger partial charge < -0.3 is 5.11 Å². The van der Waals surface area contributed by atoms with Crippen LogP contribution >= 0.6 is 11.6 Å². The number of hydrogen-bond donors (Lipinski definition) is 1. The number of alkyl halides is 1. The number of carboxylic acids is 1. The largest absolute Gasteiger partial charge is 0.480 e. The molecule has 0 amide bonds. The van der Waals surface area contributed by atoms with Gasteiger partial charge in [0.15, 0.2) is 17.4 Å². The molecule has 0 atom stereocenters. The summed E-state index contributed by atoms with van der Waals surface area (Å²) in [7, 11) is 0. The Labute approximate surface area is 51.2 Å². The first kappa shape index (κ1) is 9.57. The summed E-state index contributed by atoms with van der Waals surface area (Å²) in [6.07, 6.45) is 0. The summed E-state index contributed by atoms with van der Waals surface area (Å²) in [6.45, 7) is 0. The van der Waals surface area contributed by atoms with E-state index < -0.39 is 5.97 Å². The summed E-state index contributed by atoms with van der Waals surface area (Å²) in [5.41, 5.74) is 0. The van der Waals surface area contributed by atoms with Crippen molar-refractivity contribution in [2.45, 2.75) is 0 Å². The van der Waals surface area contributed by atoms with Crippen LogP contribution in [0.15, 0.2) is 0 Å². The van der Waals surface area contributed by atoms with Crippen molar-refractivity contribution in [2.24, 2.45) is 0 Å². The highest BCUT2D eigenvalue weighted by Crippen LogP contribution is 1.67. The summed E-state index contributed by atoms with van der Waals surface area (Å²) in [4.78, 5) is 9.24. The predicted octanol–water partition coefficient (Wildman–Crippen LogP) is -0.874. The van der Waals surface area contributed by atoms with Crippen LogP contribution in [0.3, 0.4) is 0 Å². The Kier molecular flexibility index (Phi) is 8.44. The first-order chi connectivity index (χ1) is 2.27. The molecule has 0 aliphatic heterocycles. The minimum absolute atomic E-state index is 0. The monoisotopic (exact) mass is 124 g/mol. The molecule has 0 aromatic carbocycles. The van der Waals surface area contributed by atoms with Crippen molar-refractivity contribution < 1.29 is 9.90 Å². The van der Waals surface area contributed by atoms with Crippen LogP contribution in [-0.4, -0.2) is 34.3 Å². The highest BCUT2D eigenvalue weighted by atomic mass is 35.5. The summed E-state index contributed by atoms with van der Waals surface area (Å²) >= 11 is 4.74. The van der Waals surface area contributed by atoms with Crippen LogP contribution in [0.2, 0.25) is 0 Å². The maximum Gasteiger partial charge on any atom is 0.318 e. The molecule has 0 aromatic heterocycles. The fourth-order valence-electron chi connectivity index (χ4n) is 0. The van der Waals surface area contributed by atoms with Crippen LogP contribution in [0.4, 0.5) is 0 Å². The van der Waals surface area contributed by atoms with Gasteiger partial charge in [-0.25, -0.2) is 0 Å². The molecule has 2 nitrogen and oxygen atoms in total. The molecule has 0 saturated carbocycles. The van der Waals surface area contributed by atoms with Crippen LogP contribution in [0.1, 0.15) is 0 Å². The van der Waals surface area contributed by atoms with E-state index in [2.05, 4.69) is 0 Å². The molecule has 0 bridgehead atoms. The van der Waals surface area contributed by atoms with Gasteiger partial charge in [0.2, 0.25) is 0 Å². The molecule has 0 saturated heterocycles. The van der Waals surface area contributed by atoms with Gasteiger partial charge in [-0.1, -0.05) is 0 Å². The highest BCUT2D eigenvalue weighted by molar-refractivity contribution is 6.26. The van der Waals surface area contributed by atoms with Crippen LogP contribution in [-0.2, 0) is 4.79 Å². The number of rotatable bonds is 1. The van der Waals surface area contributed by atoms with Gasteiger partial charge in [-0.05, 0) is 0 Å². The van der Waals surface area contributed by atoms with Crippen molar-refractivity contribution in [2.75, 3.05) is 5.88 Å². The zero-order valence-corrected chi connectivity index (χ0v) is 3.20. The van der Waals surface area contributed by atoms with Gasteiger partial charge in [-0.3, -0.25) is 4.79 Å². The van der Waals surface area contributed by atoms with E-state index in [9.17, 15) is 4.79 Å². The van der Waals surface area contributed by atoms with Crippen molar-refractivity contribution >= 4 is 34.9 Å². The van der Waals surface area contributed by atoms with Gasteiger partial charge in [0.1, 0.15) is 5.88 Å². The van der Waals surface area contributed by atoms with E-state index in [0.717, 1.165) is 0 Å². The molecule has 4 heteroatoms. The Bertz CT molecular complexity index is 46.8. The fourth-order valence-corrected chi connectivity index (χ4v) is 0. The molecule has 0 aliphatic rings. The first-order valence-corrected chi connectivity index (χ1v) is 1.58. The van der Waals surface area contributed by atoms with Crippen LogP contribution < -0.4 is 0 Å². The molecule has 0 spiro atoms. The second-order valence-corrected chi connectivity index (χ2v) is 0.795. The number of carboxylic acid groups (broad SMARTS) is 1. The highest BCUT2D eigenvalue weighted by Gasteiger charge is 1.83. The molecule has 0 radical (unpaired) electrons. The smallest absolute Gasteiger partial charge is 0.318 e. The zero-order chi connectivity index (χ0) is 4.28. The Balaban J connectivity index is 0. The Morgan fingerprint density at radius 1 is 1.83 bits per heavy atom. The Morgan fingerprint density at radius 3 is 2.00 bits per heavy atom. The molecule has 0 aliphatic carbocycles. The van der Waals surface area contributed by atoms with E-state index in [1.165, 1.54) is 0 Å². The number of halogens is 1. The topological polar surface area (TPSA) is 37.3 Å². The lowest BCUT2D eigenvalue weighted by Gasteiger charge is -1.69. The molecule has 6 heavy (non-hydrogen) atoms. The lowest BCUT2D eigenvalue weighted by molar-refractivity contribution is -0.134. The van der Waals surface area contributed by atoms with Crippen LogP contribution in [0.25, 0.3) is 0 Å². The lowest BCUT2D eigenvalue weighted by Crippen LogP contribution is -1.92. The standard InChI is InChI=1S/C2H3ClO2.Al.3H/c3-1-2(4)5;;;;/h1H2,(H,4,5);;;;. The molecule has 0 heterocycles. The van der Waals surface area contributed by atoms with Gasteiger partial charge in [0, 0.05) is 0 Å². The Hall–Kier alpha value is 0.292. The summed E-state index contributed by atoms with van der Waals surface area (Å²) in [5, 5.41) is 7.59. The number of aliphatic carboxylic acids is 1. The minimum atomic E-state index is -0.980. The van der Waals surface area contributed by atoms with E-state index in [-0.39, 0.29) is 23.2 Å². The third-order valence-electron chi connectivity index (χ3n) is 0.114. The average molecular weight is 125 g/mol. The van der Waals surface area contributed by atoms with Crippen molar-refractivity contribution in [3.63, 3.8) is 0 Å². The molecular weight excluding hydrogens is 118 g/mol. The molecule has 0 fully saturated rings. The quantitative estimate of drug-likeness (QED) is 0.364. The third kappa shape index (κ3) is 8.85. The molecule has 36 valence electrons. The summed E-state index contributed by atoms with van der Waals surface area (Å²) < 4.78 is 0. The van der Waals surface area contributed by atoms with Gasteiger partial charge >= 0.3 is 5.97 Å². The Morgan fingerprint density at radius 2 is 2.00 bits per heavy atom. The fraction of sp³-hybridized carbons (Fsp3) is 0.500. The molecule has 0 aromatic rings. The second kappa shape index (κ2) is 5.29. The van der Waals surface area contributed by atoms with E-state index >= 15 is 0 Å². The van der Waals surface area contributed by atoms with E-state index in [0.29, 0.717) is 0 Å². The van der Waals surface area contributed by atoms with Gasteiger partial charge in [0.05, 0.1) is 0 Å². The minimum Gasteiger partial charge on any atom is -0.480 e. The van der Waals surface area contributed by atoms with Crippen molar-refractivity contribution in [1.29, 1.82) is 0 Å². The molecule has 1 N–H and O–H groups in total. The zero-order valence-electron chi connectivity index (χ0n) is 2.44.